The zero-order valence-corrected chi connectivity index (χ0v) is 18.3. The van der Waals surface area contributed by atoms with E-state index in [2.05, 4.69) is 26.5 Å². The monoisotopic (exact) mass is 500 g/mol. The van der Waals surface area contributed by atoms with E-state index >= 15 is 0 Å². The number of benzene rings is 3. The zero-order chi connectivity index (χ0) is 21.8. The second-order valence-corrected chi connectivity index (χ2v) is 7.84. The third-order valence-electron chi connectivity index (χ3n) is 4.32. The Morgan fingerprint density at radius 2 is 2.00 bits per heavy atom. The number of carbonyl (C=O) groups is 1. The normalized spacial score (nSPS) is 11.2. The number of halogens is 3. The van der Waals surface area contributed by atoms with Crippen LogP contribution in [0.1, 0.15) is 21.7 Å². The molecule has 0 saturated carbocycles. The first-order chi connectivity index (χ1) is 15.0. The van der Waals surface area contributed by atoms with Gasteiger partial charge in [0.25, 0.3) is 0 Å². The molecule has 0 radical (unpaired) electrons. The van der Waals surface area contributed by atoms with Crippen molar-refractivity contribution in [3.8, 4) is 5.75 Å². The third-order valence-corrected chi connectivity index (χ3v) is 5.19. The standard InChI is InChI=1S/C23H15BrClFN2O3/c24-18-9-15(10-19(25)22(18)30-13-14-4-3-6-17(26)8-14)12-27-28-23(29)21-11-16-5-1-2-7-20(16)31-21/h1-12H,13H2,(H,28,29)/b27-12+. The van der Waals surface area contributed by atoms with E-state index in [1.165, 1.54) is 18.3 Å². The van der Waals surface area contributed by atoms with Crippen LogP contribution in [-0.2, 0) is 6.61 Å². The molecule has 0 atom stereocenters. The largest absolute Gasteiger partial charge is 0.486 e. The van der Waals surface area contributed by atoms with Crippen molar-refractivity contribution in [2.75, 3.05) is 0 Å². The van der Waals surface area contributed by atoms with Crippen LogP contribution in [0.3, 0.4) is 0 Å². The minimum atomic E-state index is -0.465. The number of hydrogen-bond donors (Lipinski definition) is 1. The summed E-state index contributed by atoms with van der Waals surface area (Å²) in [6.07, 6.45) is 1.45. The fourth-order valence-corrected chi connectivity index (χ4v) is 3.88. The van der Waals surface area contributed by atoms with Crippen LogP contribution in [0.2, 0.25) is 5.02 Å². The molecule has 1 N–H and O–H groups in total. The van der Waals surface area contributed by atoms with Gasteiger partial charge in [-0.25, -0.2) is 9.82 Å². The van der Waals surface area contributed by atoms with Crippen LogP contribution >= 0.6 is 27.5 Å². The van der Waals surface area contributed by atoms with Gasteiger partial charge in [0.2, 0.25) is 0 Å². The maximum Gasteiger partial charge on any atom is 0.307 e. The van der Waals surface area contributed by atoms with E-state index in [0.29, 0.717) is 32.0 Å². The summed E-state index contributed by atoms with van der Waals surface area (Å²) in [7, 11) is 0. The number of rotatable bonds is 6. The van der Waals surface area contributed by atoms with Crippen LogP contribution in [0.4, 0.5) is 4.39 Å². The number of para-hydroxylation sites is 1. The van der Waals surface area contributed by atoms with E-state index in [1.54, 1.807) is 36.4 Å². The van der Waals surface area contributed by atoms with Gasteiger partial charge in [-0.2, -0.15) is 5.10 Å². The van der Waals surface area contributed by atoms with Crippen molar-refractivity contribution in [3.63, 3.8) is 0 Å². The molecule has 0 aliphatic heterocycles. The Kier molecular flexibility index (Phi) is 6.34. The van der Waals surface area contributed by atoms with Crippen LogP contribution in [0, 0.1) is 5.82 Å². The van der Waals surface area contributed by atoms with E-state index in [-0.39, 0.29) is 18.2 Å². The van der Waals surface area contributed by atoms with E-state index < -0.39 is 5.91 Å². The van der Waals surface area contributed by atoms with Gasteiger partial charge in [-0.05, 0) is 63.5 Å². The number of hydrazone groups is 1. The van der Waals surface area contributed by atoms with Gasteiger partial charge in [-0.3, -0.25) is 4.79 Å². The van der Waals surface area contributed by atoms with Gasteiger partial charge < -0.3 is 9.15 Å². The first-order valence-corrected chi connectivity index (χ1v) is 10.3. The van der Waals surface area contributed by atoms with E-state index in [1.807, 2.05) is 18.2 Å². The molecular weight excluding hydrogens is 487 g/mol. The smallest absolute Gasteiger partial charge is 0.307 e. The molecular formula is C23H15BrClFN2O3. The predicted molar refractivity (Wildman–Crippen MR) is 121 cm³/mol. The number of hydrogen-bond acceptors (Lipinski definition) is 4. The molecule has 0 aliphatic rings. The third kappa shape index (κ3) is 5.13. The lowest BCUT2D eigenvalue weighted by Crippen LogP contribution is -2.16. The van der Waals surface area contributed by atoms with Gasteiger partial charge in [0, 0.05) is 5.39 Å². The summed E-state index contributed by atoms with van der Waals surface area (Å²) in [5, 5.41) is 5.13. The number of nitrogens with zero attached hydrogens (tertiary/aromatic N) is 1. The summed E-state index contributed by atoms with van der Waals surface area (Å²) in [6.45, 7) is 0.164. The number of ether oxygens (including phenoxy) is 1. The average molecular weight is 502 g/mol. The van der Waals surface area contributed by atoms with E-state index in [0.717, 1.165) is 5.39 Å². The fourth-order valence-electron chi connectivity index (χ4n) is 2.89. The van der Waals surface area contributed by atoms with Crippen molar-refractivity contribution in [2.24, 2.45) is 5.10 Å². The van der Waals surface area contributed by atoms with Crippen molar-refractivity contribution in [1.82, 2.24) is 5.43 Å². The Bertz CT molecular complexity index is 1230. The fraction of sp³-hybridized carbons (Fsp3) is 0.0435. The van der Waals surface area contributed by atoms with Crippen LogP contribution in [0.5, 0.6) is 5.75 Å². The molecule has 0 saturated heterocycles. The lowest BCUT2D eigenvalue weighted by Gasteiger charge is -2.11. The second-order valence-electron chi connectivity index (χ2n) is 6.58. The summed E-state index contributed by atoms with van der Waals surface area (Å²) in [5.74, 6) is -0.205. The number of nitrogens with one attached hydrogen (secondary N) is 1. The molecule has 156 valence electrons. The zero-order valence-electron chi connectivity index (χ0n) is 15.9. The van der Waals surface area contributed by atoms with Crippen molar-refractivity contribution < 1.29 is 18.3 Å². The highest BCUT2D eigenvalue weighted by Gasteiger charge is 2.12. The summed E-state index contributed by atoms with van der Waals surface area (Å²) >= 11 is 9.74. The van der Waals surface area contributed by atoms with Gasteiger partial charge in [0.15, 0.2) is 11.5 Å². The SMILES string of the molecule is O=C(N/N=C/c1cc(Cl)c(OCc2cccc(F)c2)c(Br)c1)c1cc2ccccc2o1. The highest BCUT2D eigenvalue weighted by molar-refractivity contribution is 9.10. The predicted octanol–water partition coefficient (Wildman–Crippen LogP) is 6.33. The summed E-state index contributed by atoms with van der Waals surface area (Å²) in [4.78, 5) is 12.2. The quantitative estimate of drug-likeness (QED) is 0.248. The van der Waals surface area contributed by atoms with Gasteiger partial charge in [-0.1, -0.05) is 41.9 Å². The van der Waals surface area contributed by atoms with Crippen molar-refractivity contribution in [1.29, 1.82) is 0 Å². The molecule has 1 aromatic heterocycles. The molecule has 1 amide bonds. The van der Waals surface area contributed by atoms with Gasteiger partial charge >= 0.3 is 5.91 Å². The Balaban J connectivity index is 1.41. The molecule has 4 rings (SSSR count). The molecule has 4 aromatic rings. The number of carbonyl (C=O) groups excluding carboxylic acids is 1. The van der Waals surface area contributed by atoms with Crippen molar-refractivity contribution >= 4 is 50.6 Å². The number of furan rings is 1. The first-order valence-electron chi connectivity index (χ1n) is 9.18. The number of fused-ring (bicyclic) bond motifs is 1. The van der Waals surface area contributed by atoms with Gasteiger partial charge in [-0.15, -0.1) is 0 Å². The van der Waals surface area contributed by atoms with Crippen molar-refractivity contribution in [3.05, 3.63) is 98.9 Å². The molecule has 0 spiro atoms. The molecule has 3 aromatic carbocycles. The molecule has 5 nitrogen and oxygen atoms in total. The molecule has 8 heteroatoms. The minimum absolute atomic E-state index is 0.164. The maximum atomic E-state index is 13.3. The molecule has 1 heterocycles. The van der Waals surface area contributed by atoms with E-state index in [4.69, 9.17) is 20.8 Å². The maximum absolute atomic E-state index is 13.3. The number of amides is 1. The summed E-state index contributed by atoms with van der Waals surface area (Å²) < 4.78 is 25.1. The summed E-state index contributed by atoms with van der Waals surface area (Å²) in [6, 6.07) is 18.5. The lowest BCUT2D eigenvalue weighted by atomic mass is 10.2. The minimum Gasteiger partial charge on any atom is -0.486 e. The molecule has 0 aliphatic carbocycles. The van der Waals surface area contributed by atoms with Crippen LogP contribution in [0.15, 0.2) is 80.7 Å². The Morgan fingerprint density at radius 1 is 1.16 bits per heavy atom. The Morgan fingerprint density at radius 3 is 2.77 bits per heavy atom. The molecule has 0 fully saturated rings. The Labute approximate surface area is 190 Å². The van der Waals surface area contributed by atoms with Gasteiger partial charge in [0.05, 0.1) is 15.7 Å². The van der Waals surface area contributed by atoms with Crippen molar-refractivity contribution in [2.45, 2.75) is 6.61 Å². The first kappa shape index (κ1) is 21.1. The molecule has 0 unspecified atom stereocenters. The highest BCUT2D eigenvalue weighted by Crippen LogP contribution is 2.34. The Hall–Kier alpha value is -3.16. The molecule has 31 heavy (non-hydrogen) atoms. The summed E-state index contributed by atoms with van der Waals surface area (Å²) in [5.41, 5.74) is 4.37. The van der Waals surface area contributed by atoms with Crippen LogP contribution in [0.25, 0.3) is 11.0 Å². The second kappa shape index (κ2) is 9.32. The van der Waals surface area contributed by atoms with Gasteiger partial charge in [0.1, 0.15) is 18.0 Å². The topological polar surface area (TPSA) is 63.8 Å². The van der Waals surface area contributed by atoms with Crippen LogP contribution < -0.4 is 10.2 Å². The van der Waals surface area contributed by atoms with E-state index in [9.17, 15) is 9.18 Å². The average Bonchev–Trinajstić information content (AvgIpc) is 3.18. The highest BCUT2D eigenvalue weighted by atomic mass is 79.9. The van der Waals surface area contributed by atoms with Crippen LogP contribution in [-0.4, -0.2) is 12.1 Å². The molecule has 0 bridgehead atoms. The lowest BCUT2D eigenvalue weighted by molar-refractivity contribution is 0.0929.